The van der Waals surface area contributed by atoms with Gasteiger partial charge in [-0.2, -0.15) is 0 Å². The lowest BCUT2D eigenvalue weighted by atomic mass is 10.3. The highest BCUT2D eigenvalue weighted by molar-refractivity contribution is 5.78. The van der Waals surface area contributed by atoms with Crippen molar-refractivity contribution >= 4 is 11.9 Å². The molecule has 1 aromatic rings. The van der Waals surface area contributed by atoms with Gasteiger partial charge < -0.3 is 9.64 Å². The fourth-order valence-electron chi connectivity index (χ4n) is 1.50. The van der Waals surface area contributed by atoms with E-state index in [0.717, 1.165) is 13.1 Å². The summed E-state index contributed by atoms with van der Waals surface area (Å²) in [4.78, 5) is 14.5. The Labute approximate surface area is 97.9 Å². The molecule has 9 nitrogen and oxygen atoms in total. The molecule has 0 spiro atoms. The van der Waals surface area contributed by atoms with Gasteiger partial charge >= 0.3 is 0 Å². The molecule has 0 aromatic carbocycles. The van der Waals surface area contributed by atoms with Crippen LogP contribution < -0.4 is 16.2 Å². The summed E-state index contributed by atoms with van der Waals surface area (Å²) in [6, 6.07) is -0.581. The number of aromatic nitrogens is 4. The molecule has 1 aliphatic rings. The molecule has 1 aromatic heterocycles. The van der Waals surface area contributed by atoms with Gasteiger partial charge in [-0.3, -0.25) is 10.2 Å². The van der Waals surface area contributed by atoms with E-state index in [1.165, 1.54) is 4.80 Å². The molecule has 94 valence electrons. The van der Waals surface area contributed by atoms with Gasteiger partial charge in [0.2, 0.25) is 0 Å². The molecular formula is C8H15N7O2. The summed E-state index contributed by atoms with van der Waals surface area (Å²) < 4.78 is 5.23. The molecule has 2 rings (SSSR count). The third kappa shape index (κ3) is 2.50. The number of amides is 1. The van der Waals surface area contributed by atoms with Crippen molar-refractivity contribution in [1.29, 1.82) is 0 Å². The van der Waals surface area contributed by atoms with Crippen molar-refractivity contribution in [3.05, 3.63) is 0 Å². The number of carbonyl (C=O) groups is 1. The quantitative estimate of drug-likeness (QED) is 0.360. The molecule has 1 atom stereocenters. The third-order valence-electron chi connectivity index (χ3n) is 2.58. The summed E-state index contributed by atoms with van der Waals surface area (Å²) in [5.41, 5.74) is 2.05. The summed E-state index contributed by atoms with van der Waals surface area (Å²) >= 11 is 0. The number of nitrogens with one attached hydrogen (secondary N) is 1. The Bertz CT molecular complexity index is 387. The second-order valence-corrected chi connectivity index (χ2v) is 3.69. The number of morpholine rings is 1. The molecule has 3 N–H and O–H groups in total. The molecule has 0 aliphatic carbocycles. The van der Waals surface area contributed by atoms with Gasteiger partial charge in [0.25, 0.3) is 11.9 Å². The van der Waals surface area contributed by atoms with E-state index < -0.39 is 6.04 Å². The molecular weight excluding hydrogens is 226 g/mol. The number of tetrazole rings is 1. The molecule has 0 bridgehead atoms. The number of rotatable bonds is 3. The number of hydrogen-bond donors (Lipinski definition) is 2. The van der Waals surface area contributed by atoms with E-state index in [-0.39, 0.29) is 5.91 Å². The molecule has 1 amide bonds. The van der Waals surface area contributed by atoms with Crippen LogP contribution in [0.3, 0.4) is 0 Å². The minimum Gasteiger partial charge on any atom is -0.378 e. The monoisotopic (exact) mass is 241 g/mol. The lowest BCUT2D eigenvalue weighted by Gasteiger charge is -2.24. The largest absolute Gasteiger partial charge is 0.378 e. The predicted molar refractivity (Wildman–Crippen MR) is 57.9 cm³/mol. The molecule has 1 fully saturated rings. The van der Waals surface area contributed by atoms with E-state index in [2.05, 4.69) is 20.8 Å². The first-order valence-electron chi connectivity index (χ1n) is 5.35. The van der Waals surface area contributed by atoms with Crippen molar-refractivity contribution in [1.82, 2.24) is 25.6 Å². The van der Waals surface area contributed by atoms with Crippen LogP contribution in [-0.4, -0.2) is 52.4 Å². The second kappa shape index (κ2) is 5.06. The summed E-state index contributed by atoms with van der Waals surface area (Å²) in [6.07, 6.45) is 0. The van der Waals surface area contributed by atoms with Crippen LogP contribution in [0.15, 0.2) is 0 Å². The van der Waals surface area contributed by atoms with Crippen molar-refractivity contribution < 1.29 is 9.53 Å². The van der Waals surface area contributed by atoms with Gasteiger partial charge in [0.05, 0.1) is 13.2 Å². The van der Waals surface area contributed by atoms with E-state index >= 15 is 0 Å². The first-order valence-corrected chi connectivity index (χ1v) is 5.35. The van der Waals surface area contributed by atoms with E-state index in [4.69, 9.17) is 10.6 Å². The van der Waals surface area contributed by atoms with Crippen molar-refractivity contribution in [2.24, 2.45) is 5.84 Å². The fraction of sp³-hybridized carbons (Fsp3) is 0.750. The van der Waals surface area contributed by atoms with Crippen LogP contribution in [0.25, 0.3) is 0 Å². The SMILES string of the molecule is C[C@H](C(=O)NN)n1nnc(N2CCOCC2)n1. The van der Waals surface area contributed by atoms with Gasteiger partial charge in [-0.1, -0.05) is 5.10 Å². The average Bonchev–Trinajstić information content (AvgIpc) is 2.87. The Balaban J connectivity index is 2.06. The minimum atomic E-state index is -0.581. The van der Waals surface area contributed by atoms with Crippen molar-refractivity contribution in [3.63, 3.8) is 0 Å². The maximum atomic E-state index is 11.3. The number of nitrogens with two attached hydrogens (primary N) is 1. The number of hydrazine groups is 1. The Kier molecular flexibility index (Phi) is 3.49. The molecule has 0 radical (unpaired) electrons. The number of ether oxygens (including phenoxy) is 1. The van der Waals surface area contributed by atoms with Gasteiger partial charge in [-0.25, -0.2) is 5.84 Å². The van der Waals surface area contributed by atoms with Crippen molar-refractivity contribution in [2.45, 2.75) is 13.0 Å². The molecule has 9 heteroatoms. The van der Waals surface area contributed by atoms with Crippen LogP contribution in [0.4, 0.5) is 5.95 Å². The Morgan fingerprint density at radius 2 is 2.24 bits per heavy atom. The van der Waals surface area contributed by atoms with Gasteiger partial charge in [-0.05, 0) is 12.1 Å². The molecule has 0 unspecified atom stereocenters. The number of carbonyl (C=O) groups excluding carboxylic acids is 1. The number of hydrogen-bond acceptors (Lipinski definition) is 7. The maximum absolute atomic E-state index is 11.3. The molecule has 1 aliphatic heterocycles. The fourth-order valence-corrected chi connectivity index (χ4v) is 1.50. The van der Waals surface area contributed by atoms with Crippen molar-refractivity contribution in [2.75, 3.05) is 31.2 Å². The van der Waals surface area contributed by atoms with Gasteiger partial charge in [0.1, 0.15) is 0 Å². The zero-order valence-corrected chi connectivity index (χ0v) is 9.54. The highest BCUT2D eigenvalue weighted by Gasteiger charge is 2.20. The van der Waals surface area contributed by atoms with Crippen LogP contribution in [-0.2, 0) is 9.53 Å². The van der Waals surface area contributed by atoms with Crippen LogP contribution >= 0.6 is 0 Å². The second-order valence-electron chi connectivity index (χ2n) is 3.69. The molecule has 2 heterocycles. The zero-order valence-electron chi connectivity index (χ0n) is 9.54. The molecule has 0 saturated carbocycles. The number of nitrogens with zero attached hydrogens (tertiary/aromatic N) is 5. The van der Waals surface area contributed by atoms with E-state index in [1.807, 2.05) is 4.90 Å². The summed E-state index contributed by atoms with van der Waals surface area (Å²) in [7, 11) is 0. The third-order valence-corrected chi connectivity index (χ3v) is 2.58. The highest BCUT2D eigenvalue weighted by atomic mass is 16.5. The molecule has 17 heavy (non-hydrogen) atoms. The summed E-state index contributed by atoms with van der Waals surface area (Å²) in [5, 5.41) is 11.9. The van der Waals surface area contributed by atoms with Crippen LogP contribution in [0.1, 0.15) is 13.0 Å². The lowest BCUT2D eigenvalue weighted by molar-refractivity contribution is -0.124. The smallest absolute Gasteiger partial charge is 0.266 e. The lowest BCUT2D eigenvalue weighted by Crippen LogP contribution is -2.38. The Hall–Kier alpha value is -1.74. The first kappa shape index (κ1) is 11.7. The predicted octanol–water partition coefficient (Wildman–Crippen LogP) is -1.94. The van der Waals surface area contributed by atoms with Gasteiger partial charge in [-0.15, -0.1) is 9.90 Å². The van der Waals surface area contributed by atoms with E-state index in [1.54, 1.807) is 6.92 Å². The van der Waals surface area contributed by atoms with Crippen molar-refractivity contribution in [3.8, 4) is 0 Å². The highest BCUT2D eigenvalue weighted by Crippen LogP contribution is 2.09. The first-order chi connectivity index (χ1) is 8.22. The minimum absolute atomic E-state index is 0.365. The van der Waals surface area contributed by atoms with E-state index in [0.29, 0.717) is 19.2 Å². The normalized spacial score (nSPS) is 17.9. The number of anilines is 1. The maximum Gasteiger partial charge on any atom is 0.266 e. The Morgan fingerprint density at radius 3 is 2.88 bits per heavy atom. The Morgan fingerprint density at radius 1 is 1.53 bits per heavy atom. The topological polar surface area (TPSA) is 111 Å². The summed E-state index contributed by atoms with van der Waals surface area (Å²) in [5.74, 6) is 5.18. The van der Waals surface area contributed by atoms with Gasteiger partial charge in [0.15, 0.2) is 6.04 Å². The summed E-state index contributed by atoms with van der Waals surface area (Å²) in [6.45, 7) is 4.39. The average molecular weight is 241 g/mol. The van der Waals surface area contributed by atoms with Crippen LogP contribution in [0.2, 0.25) is 0 Å². The van der Waals surface area contributed by atoms with Crippen LogP contribution in [0.5, 0.6) is 0 Å². The van der Waals surface area contributed by atoms with Gasteiger partial charge in [0, 0.05) is 13.1 Å². The van der Waals surface area contributed by atoms with Crippen LogP contribution in [0, 0.1) is 0 Å². The molecule has 1 saturated heterocycles. The van der Waals surface area contributed by atoms with E-state index in [9.17, 15) is 4.79 Å². The standard InChI is InChI=1S/C8H15N7O2/c1-6(7(16)10-9)15-12-8(11-13-15)14-2-4-17-5-3-14/h6H,2-5,9H2,1H3,(H,10,16)/t6-/m1/s1. The zero-order chi connectivity index (χ0) is 12.3.